The Bertz CT molecular complexity index is 953. The molecular weight excluding hydrogens is 423 g/mol. The summed E-state index contributed by atoms with van der Waals surface area (Å²) in [5.74, 6) is 0.00487. The lowest BCUT2D eigenvalue weighted by molar-refractivity contribution is -0.126. The van der Waals surface area contributed by atoms with Crippen LogP contribution in [-0.2, 0) is 16.0 Å². The summed E-state index contributed by atoms with van der Waals surface area (Å²) in [5.41, 5.74) is 1.50. The molecule has 6 nitrogen and oxygen atoms in total. The van der Waals surface area contributed by atoms with Crippen LogP contribution in [0.4, 0.5) is 10.1 Å². The van der Waals surface area contributed by atoms with Gasteiger partial charge in [-0.15, -0.1) is 0 Å². The normalized spacial score (nSPS) is 15.8. The molecule has 1 aliphatic heterocycles. The predicted octanol–water partition coefficient (Wildman–Crippen LogP) is 3.99. The molecular formula is C23H26ClFN2O4. The van der Waals surface area contributed by atoms with Crippen LogP contribution in [-0.4, -0.2) is 38.1 Å². The highest BCUT2D eigenvalue weighted by Crippen LogP contribution is 2.30. The van der Waals surface area contributed by atoms with Crippen LogP contribution in [0, 0.1) is 11.7 Å². The van der Waals surface area contributed by atoms with Gasteiger partial charge < -0.3 is 19.7 Å². The molecule has 0 radical (unpaired) electrons. The van der Waals surface area contributed by atoms with Gasteiger partial charge in [0.05, 0.1) is 24.2 Å². The quantitative estimate of drug-likeness (QED) is 0.630. The summed E-state index contributed by atoms with van der Waals surface area (Å²) in [6.07, 6.45) is 0.731. The number of carbonyl (C=O) groups is 2. The average molecular weight is 449 g/mol. The van der Waals surface area contributed by atoms with Crippen molar-refractivity contribution in [2.24, 2.45) is 5.92 Å². The molecule has 2 aromatic carbocycles. The highest BCUT2D eigenvalue weighted by molar-refractivity contribution is 6.31. The van der Waals surface area contributed by atoms with Crippen LogP contribution in [0.25, 0.3) is 0 Å². The number of ether oxygens (including phenoxy) is 2. The first-order valence-electron chi connectivity index (χ1n) is 10.3. The third-order valence-electron chi connectivity index (χ3n) is 5.03. The standard InChI is InChI=1S/C23H26ClFN2O4/c1-3-30-20-8-5-15(11-21(20)31-4-2)9-10-26-23(29)16-12-22(28)27(14-16)17-6-7-19(25)18(24)13-17/h5-8,11,13,16H,3-4,9-10,12,14H2,1-2H3,(H,26,29)/t16-/m0/s1. The van der Waals surface area contributed by atoms with E-state index in [1.165, 1.54) is 23.1 Å². The van der Waals surface area contributed by atoms with Crippen molar-refractivity contribution in [2.45, 2.75) is 26.7 Å². The molecule has 0 spiro atoms. The van der Waals surface area contributed by atoms with E-state index >= 15 is 0 Å². The van der Waals surface area contributed by atoms with Crippen molar-refractivity contribution < 1.29 is 23.5 Å². The van der Waals surface area contributed by atoms with Crippen LogP contribution >= 0.6 is 11.6 Å². The van der Waals surface area contributed by atoms with Gasteiger partial charge in [-0.2, -0.15) is 0 Å². The number of halogens is 2. The summed E-state index contributed by atoms with van der Waals surface area (Å²) in [7, 11) is 0. The number of amides is 2. The van der Waals surface area contributed by atoms with Crippen molar-refractivity contribution in [1.29, 1.82) is 0 Å². The molecule has 2 amide bonds. The van der Waals surface area contributed by atoms with E-state index in [0.29, 0.717) is 43.4 Å². The monoisotopic (exact) mass is 448 g/mol. The molecule has 0 bridgehead atoms. The molecule has 1 saturated heterocycles. The Hall–Kier alpha value is -2.80. The number of hydrogen-bond acceptors (Lipinski definition) is 4. The van der Waals surface area contributed by atoms with Gasteiger partial charge in [-0.05, 0) is 56.2 Å². The zero-order valence-corrected chi connectivity index (χ0v) is 18.4. The number of hydrogen-bond donors (Lipinski definition) is 1. The summed E-state index contributed by atoms with van der Waals surface area (Å²) in [6, 6.07) is 9.83. The minimum absolute atomic E-state index is 0.0556. The van der Waals surface area contributed by atoms with Gasteiger partial charge in [0.1, 0.15) is 5.82 Å². The van der Waals surface area contributed by atoms with E-state index in [1.54, 1.807) is 0 Å². The van der Waals surface area contributed by atoms with E-state index in [2.05, 4.69) is 5.32 Å². The minimum Gasteiger partial charge on any atom is -0.490 e. The molecule has 1 N–H and O–H groups in total. The SMILES string of the molecule is CCOc1ccc(CCNC(=O)[C@H]2CC(=O)N(c3ccc(F)c(Cl)c3)C2)cc1OCC. The van der Waals surface area contributed by atoms with Gasteiger partial charge in [0.2, 0.25) is 11.8 Å². The van der Waals surface area contributed by atoms with Crippen LogP contribution in [0.15, 0.2) is 36.4 Å². The van der Waals surface area contributed by atoms with E-state index in [9.17, 15) is 14.0 Å². The Kier molecular flexibility index (Phi) is 7.74. The van der Waals surface area contributed by atoms with E-state index in [4.69, 9.17) is 21.1 Å². The molecule has 0 saturated carbocycles. The smallest absolute Gasteiger partial charge is 0.227 e. The van der Waals surface area contributed by atoms with E-state index in [1.807, 2.05) is 32.0 Å². The number of anilines is 1. The first-order chi connectivity index (χ1) is 14.9. The number of rotatable bonds is 9. The number of nitrogens with one attached hydrogen (secondary N) is 1. The second-order valence-electron chi connectivity index (χ2n) is 7.19. The van der Waals surface area contributed by atoms with E-state index in [-0.39, 0.29) is 29.8 Å². The summed E-state index contributed by atoms with van der Waals surface area (Å²) < 4.78 is 24.6. The largest absolute Gasteiger partial charge is 0.490 e. The Labute approximate surface area is 186 Å². The lowest BCUT2D eigenvalue weighted by Crippen LogP contribution is -2.34. The first-order valence-corrected chi connectivity index (χ1v) is 10.7. The molecule has 8 heteroatoms. The number of carbonyl (C=O) groups excluding carboxylic acids is 2. The third-order valence-corrected chi connectivity index (χ3v) is 5.32. The van der Waals surface area contributed by atoms with Crippen molar-refractivity contribution in [3.05, 3.63) is 52.8 Å². The molecule has 0 aromatic heterocycles. The lowest BCUT2D eigenvalue weighted by atomic mass is 10.1. The van der Waals surface area contributed by atoms with Crippen LogP contribution < -0.4 is 19.7 Å². The van der Waals surface area contributed by atoms with Crippen LogP contribution in [0.3, 0.4) is 0 Å². The molecule has 3 rings (SSSR count). The van der Waals surface area contributed by atoms with Gasteiger partial charge >= 0.3 is 0 Å². The first kappa shape index (κ1) is 22.9. The van der Waals surface area contributed by atoms with E-state index in [0.717, 1.165) is 5.56 Å². The maximum absolute atomic E-state index is 13.4. The summed E-state index contributed by atoms with van der Waals surface area (Å²) in [5, 5.41) is 2.85. The summed E-state index contributed by atoms with van der Waals surface area (Å²) in [6.45, 7) is 5.59. The van der Waals surface area contributed by atoms with E-state index < -0.39 is 11.7 Å². The number of nitrogens with zero attached hydrogens (tertiary/aromatic N) is 1. The average Bonchev–Trinajstić information content (AvgIpc) is 3.14. The molecule has 1 fully saturated rings. The van der Waals surface area contributed by atoms with Crippen molar-refractivity contribution in [1.82, 2.24) is 5.32 Å². The molecule has 1 atom stereocenters. The van der Waals surface area contributed by atoms with Gasteiger partial charge in [0.25, 0.3) is 0 Å². The van der Waals surface area contributed by atoms with Crippen molar-refractivity contribution in [3.8, 4) is 11.5 Å². The second-order valence-corrected chi connectivity index (χ2v) is 7.60. The minimum atomic E-state index is -0.548. The molecule has 1 aliphatic rings. The molecule has 0 aliphatic carbocycles. The molecule has 31 heavy (non-hydrogen) atoms. The molecule has 0 unspecified atom stereocenters. The second kappa shape index (κ2) is 10.5. The van der Waals surface area contributed by atoms with Gasteiger partial charge in [0, 0.05) is 25.2 Å². The maximum Gasteiger partial charge on any atom is 0.227 e. The van der Waals surface area contributed by atoms with Gasteiger partial charge in [-0.25, -0.2) is 4.39 Å². The Morgan fingerprint density at radius 2 is 1.90 bits per heavy atom. The topological polar surface area (TPSA) is 67.9 Å². The highest BCUT2D eigenvalue weighted by atomic mass is 35.5. The molecule has 2 aromatic rings. The fourth-order valence-electron chi connectivity index (χ4n) is 3.51. The predicted molar refractivity (Wildman–Crippen MR) is 117 cm³/mol. The fraction of sp³-hybridized carbons (Fsp3) is 0.391. The third kappa shape index (κ3) is 5.67. The van der Waals surface area contributed by atoms with Crippen molar-refractivity contribution in [2.75, 3.05) is 31.2 Å². The Morgan fingerprint density at radius 1 is 1.16 bits per heavy atom. The van der Waals surface area contributed by atoms with Crippen LogP contribution in [0.1, 0.15) is 25.8 Å². The summed E-state index contributed by atoms with van der Waals surface area (Å²) in [4.78, 5) is 26.4. The van der Waals surface area contributed by atoms with Crippen molar-refractivity contribution in [3.63, 3.8) is 0 Å². The van der Waals surface area contributed by atoms with Crippen molar-refractivity contribution >= 4 is 29.1 Å². The van der Waals surface area contributed by atoms with Crippen LogP contribution in [0.2, 0.25) is 5.02 Å². The van der Waals surface area contributed by atoms with Crippen LogP contribution in [0.5, 0.6) is 11.5 Å². The zero-order valence-electron chi connectivity index (χ0n) is 17.6. The Balaban J connectivity index is 1.55. The molecule has 1 heterocycles. The Morgan fingerprint density at radius 3 is 2.61 bits per heavy atom. The maximum atomic E-state index is 13.4. The lowest BCUT2D eigenvalue weighted by Gasteiger charge is -2.17. The number of benzene rings is 2. The highest BCUT2D eigenvalue weighted by Gasteiger charge is 2.35. The van der Waals surface area contributed by atoms with Gasteiger partial charge in [-0.1, -0.05) is 17.7 Å². The van der Waals surface area contributed by atoms with Gasteiger partial charge in [0.15, 0.2) is 11.5 Å². The zero-order chi connectivity index (χ0) is 22.4. The summed E-state index contributed by atoms with van der Waals surface area (Å²) >= 11 is 5.81. The fourth-order valence-corrected chi connectivity index (χ4v) is 3.69. The molecule has 166 valence electrons. The van der Waals surface area contributed by atoms with Gasteiger partial charge in [-0.3, -0.25) is 9.59 Å².